The summed E-state index contributed by atoms with van der Waals surface area (Å²) in [6, 6.07) is 21.0. The standard InChI is InChI=1S/C24H32O3Si/c1-7-26-23(25)18-19(2)20(3)27-28(24(4,5)6,21-14-10-8-11-15-21)22-16-12-9-13-17-22/h8-18,20H,7H2,1-6H3/b19-18+/t20-/m0/s1. The largest absolute Gasteiger partial charge is 0.463 e. The summed E-state index contributed by atoms with van der Waals surface area (Å²) in [4.78, 5) is 11.9. The van der Waals surface area contributed by atoms with Crippen molar-refractivity contribution < 1.29 is 14.0 Å². The molecule has 4 heteroatoms. The zero-order valence-corrected chi connectivity index (χ0v) is 18.9. The molecule has 2 aromatic rings. The minimum atomic E-state index is -2.64. The van der Waals surface area contributed by atoms with Gasteiger partial charge in [-0.05, 0) is 41.8 Å². The highest BCUT2D eigenvalue weighted by Gasteiger charge is 2.51. The Kier molecular flexibility index (Phi) is 7.39. The lowest BCUT2D eigenvalue weighted by Crippen LogP contribution is -2.67. The molecule has 0 amide bonds. The first kappa shape index (κ1) is 22.1. The van der Waals surface area contributed by atoms with Crippen LogP contribution in [0.15, 0.2) is 72.3 Å². The van der Waals surface area contributed by atoms with E-state index in [0.29, 0.717) is 6.61 Å². The van der Waals surface area contributed by atoms with Gasteiger partial charge in [0.05, 0.1) is 12.7 Å². The molecule has 0 bridgehead atoms. The van der Waals surface area contributed by atoms with Crippen molar-refractivity contribution in [3.8, 4) is 0 Å². The fourth-order valence-corrected chi connectivity index (χ4v) is 8.27. The van der Waals surface area contributed by atoms with E-state index in [0.717, 1.165) is 5.57 Å². The van der Waals surface area contributed by atoms with Gasteiger partial charge in [0.25, 0.3) is 8.32 Å². The minimum absolute atomic E-state index is 0.103. The Balaban J connectivity index is 2.57. The Bertz CT molecular complexity index is 752. The van der Waals surface area contributed by atoms with E-state index in [-0.39, 0.29) is 17.1 Å². The molecule has 150 valence electrons. The molecule has 0 spiro atoms. The van der Waals surface area contributed by atoms with Crippen molar-refractivity contribution in [3.05, 3.63) is 72.3 Å². The molecule has 0 heterocycles. The van der Waals surface area contributed by atoms with Gasteiger partial charge in [-0.2, -0.15) is 0 Å². The van der Waals surface area contributed by atoms with Crippen LogP contribution in [0.25, 0.3) is 0 Å². The number of hydrogen-bond donors (Lipinski definition) is 0. The van der Waals surface area contributed by atoms with Gasteiger partial charge in [0.1, 0.15) is 0 Å². The summed E-state index contributed by atoms with van der Waals surface area (Å²) in [7, 11) is -2.64. The van der Waals surface area contributed by atoms with E-state index in [1.807, 2.05) is 32.9 Å². The third-order valence-electron chi connectivity index (χ3n) is 5.04. The van der Waals surface area contributed by atoms with Crippen LogP contribution in [0, 0.1) is 0 Å². The summed E-state index contributed by atoms with van der Waals surface area (Å²) in [6.45, 7) is 12.9. The van der Waals surface area contributed by atoms with Gasteiger partial charge in [-0.25, -0.2) is 4.79 Å². The molecule has 2 rings (SSSR count). The molecule has 3 nitrogen and oxygen atoms in total. The smallest absolute Gasteiger partial charge is 0.330 e. The molecule has 0 aliphatic rings. The van der Waals surface area contributed by atoms with Gasteiger partial charge in [-0.1, -0.05) is 81.4 Å². The van der Waals surface area contributed by atoms with Crippen molar-refractivity contribution in [3.63, 3.8) is 0 Å². The molecular weight excluding hydrogens is 364 g/mol. The maximum absolute atomic E-state index is 11.9. The number of ether oxygens (including phenoxy) is 1. The van der Waals surface area contributed by atoms with Crippen LogP contribution < -0.4 is 10.4 Å². The Morgan fingerprint density at radius 3 is 1.86 bits per heavy atom. The molecule has 0 radical (unpaired) electrons. The second kappa shape index (κ2) is 9.35. The lowest BCUT2D eigenvalue weighted by atomic mass is 10.2. The molecule has 0 aromatic heterocycles. The fourth-order valence-electron chi connectivity index (χ4n) is 3.54. The highest BCUT2D eigenvalue weighted by Crippen LogP contribution is 2.38. The number of carbonyl (C=O) groups is 1. The molecule has 0 N–H and O–H groups in total. The molecule has 1 atom stereocenters. The van der Waals surface area contributed by atoms with Crippen molar-refractivity contribution in [2.75, 3.05) is 6.61 Å². The molecule has 0 aliphatic carbocycles. The molecule has 0 saturated carbocycles. The predicted molar refractivity (Wildman–Crippen MR) is 119 cm³/mol. The van der Waals surface area contributed by atoms with Gasteiger partial charge in [0.15, 0.2) is 0 Å². The van der Waals surface area contributed by atoms with E-state index < -0.39 is 8.32 Å². The van der Waals surface area contributed by atoms with Crippen LogP contribution in [-0.4, -0.2) is 27.0 Å². The predicted octanol–water partition coefficient (Wildman–Crippen LogP) is 4.46. The second-order valence-electron chi connectivity index (χ2n) is 8.06. The molecule has 28 heavy (non-hydrogen) atoms. The van der Waals surface area contributed by atoms with Crippen LogP contribution in [0.2, 0.25) is 5.04 Å². The van der Waals surface area contributed by atoms with Gasteiger partial charge in [0.2, 0.25) is 0 Å². The van der Waals surface area contributed by atoms with Crippen molar-refractivity contribution in [1.29, 1.82) is 0 Å². The van der Waals surface area contributed by atoms with Crippen molar-refractivity contribution in [1.82, 2.24) is 0 Å². The maximum atomic E-state index is 11.9. The molecule has 2 aromatic carbocycles. The molecule has 0 aliphatic heterocycles. The maximum Gasteiger partial charge on any atom is 0.330 e. The quantitative estimate of drug-likeness (QED) is 0.394. The summed E-state index contributed by atoms with van der Waals surface area (Å²) < 4.78 is 12.0. The second-order valence-corrected chi connectivity index (χ2v) is 12.3. The van der Waals surface area contributed by atoms with Crippen LogP contribution in [0.5, 0.6) is 0 Å². The molecule has 0 saturated heterocycles. The first-order valence-corrected chi connectivity index (χ1v) is 11.8. The molecule has 0 fully saturated rings. The monoisotopic (exact) mass is 396 g/mol. The van der Waals surface area contributed by atoms with Crippen LogP contribution >= 0.6 is 0 Å². The first-order valence-electron chi connectivity index (χ1n) is 9.86. The Hall–Kier alpha value is -2.17. The summed E-state index contributed by atoms with van der Waals surface area (Å²) in [5, 5.41) is 2.35. The Labute approximate surface area is 170 Å². The van der Waals surface area contributed by atoms with Crippen LogP contribution in [0.4, 0.5) is 0 Å². The van der Waals surface area contributed by atoms with Crippen molar-refractivity contribution in [2.24, 2.45) is 0 Å². The lowest BCUT2D eigenvalue weighted by molar-refractivity contribution is -0.137. The molecule has 0 unspecified atom stereocenters. The number of benzene rings is 2. The first-order chi connectivity index (χ1) is 13.2. The Morgan fingerprint density at radius 1 is 1.00 bits per heavy atom. The van der Waals surface area contributed by atoms with E-state index in [2.05, 4.69) is 69.3 Å². The zero-order chi connectivity index (χ0) is 20.8. The lowest BCUT2D eigenvalue weighted by Gasteiger charge is -2.44. The van der Waals surface area contributed by atoms with E-state index in [1.165, 1.54) is 10.4 Å². The summed E-state index contributed by atoms with van der Waals surface area (Å²) in [6.07, 6.45) is 1.34. The minimum Gasteiger partial charge on any atom is -0.463 e. The number of hydrogen-bond acceptors (Lipinski definition) is 3. The summed E-state index contributed by atoms with van der Waals surface area (Å²) in [5.74, 6) is -0.321. The average molecular weight is 397 g/mol. The van der Waals surface area contributed by atoms with Crippen LogP contribution in [-0.2, 0) is 14.0 Å². The highest BCUT2D eigenvalue weighted by atomic mass is 28.4. The third-order valence-corrected chi connectivity index (χ3v) is 10.2. The van der Waals surface area contributed by atoms with Gasteiger partial charge in [-0.3, -0.25) is 0 Å². The summed E-state index contributed by atoms with van der Waals surface area (Å²) >= 11 is 0. The van der Waals surface area contributed by atoms with Crippen molar-refractivity contribution >= 4 is 24.7 Å². The fraction of sp³-hybridized carbons (Fsp3) is 0.375. The normalized spacial score (nSPS) is 13.9. The van der Waals surface area contributed by atoms with Crippen molar-refractivity contribution in [2.45, 2.75) is 52.7 Å². The SMILES string of the molecule is CCOC(=O)/C=C(\C)[C@H](C)O[Si](c1ccccc1)(c1ccccc1)C(C)(C)C. The Morgan fingerprint density at radius 2 is 1.46 bits per heavy atom. The van der Waals surface area contributed by atoms with E-state index in [1.54, 1.807) is 6.08 Å². The number of carbonyl (C=O) groups excluding carboxylic acids is 1. The third kappa shape index (κ3) is 4.81. The van der Waals surface area contributed by atoms with Gasteiger partial charge < -0.3 is 9.16 Å². The van der Waals surface area contributed by atoms with Crippen LogP contribution in [0.1, 0.15) is 41.5 Å². The number of esters is 1. The molecular formula is C24H32O3Si. The highest BCUT2D eigenvalue weighted by molar-refractivity contribution is 6.99. The van der Waals surface area contributed by atoms with Gasteiger partial charge >= 0.3 is 5.97 Å². The topological polar surface area (TPSA) is 35.5 Å². The van der Waals surface area contributed by atoms with E-state index in [4.69, 9.17) is 9.16 Å². The van der Waals surface area contributed by atoms with Gasteiger partial charge in [0, 0.05) is 6.08 Å². The van der Waals surface area contributed by atoms with Gasteiger partial charge in [-0.15, -0.1) is 0 Å². The van der Waals surface area contributed by atoms with E-state index in [9.17, 15) is 4.79 Å². The zero-order valence-electron chi connectivity index (χ0n) is 17.9. The van der Waals surface area contributed by atoms with E-state index >= 15 is 0 Å². The average Bonchev–Trinajstić information content (AvgIpc) is 2.66. The van der Waals surface area contributed by atoms with Crippen LogP contribution in [0.3, 0.4) is 0 Å². The summed E-state index contributed by atoms with van der Waals surface area (Å²) in [5.41, 5.74) is 0.867. The number of rotatable bonds is 7.